The van der Waals surface area contributed by atoms with E-state index >= 15 is 0 Å². The van der Waals surface area contributed by atoms with E-state index in [4.69, 9.17) is 10.5 Å². The number of hydrogen-bond acceptors (Lipinski definition) is 6. The number of allylic oxidation sites excluding steroid dienone is 2. The summed E-state index contributed by atoms with van der Waals surface area (Å²) in [5.74, 6) is -1.79. The van der Waals surface area contributed by atoms with Crippen molar-refractivity contribution in [1.82, 2.24) is 0 Å². The SMILES string of the molecule is CC(=O)OC1CC2(C)[C@@H](C[C@@H](O)[C@@H]3C2(C)CC[C@@]2(N)C(C)[C@H](O)CCC32C)/C1=C(\CCC=C(C)C)C(=O)O. The fourth-order valence-electron chi connectivity index (χ4n) is 9.76. The number of aliphatic carboxylic acids is 1. The van der Waals surface area contributed by atoms with Gasteiger partial charge in [0.2, 0.25) is 0 Å². The van der Waals surface area contributed by atoms with Crippen LogP contribution in [0.3, 0.4) is 0 Å². The molecule has 4 fully saturated rings. The molecule has 10 atom stereocenters. The Morgan fingerprint density at radius 2 is 1.68 bits per heavy atom. The topological polar surface area (TPSA) is 130 Å². The third-order valence-electron chi connectivity index (χ3n) is 12.0. The standard InChI is InChI=1S/C31H49NO6/c1-17(2)9-8-10-20(27(36)37)25-21-15-23(35)26-28(5,30(21,7)16-24(25)38-19(4)33)13-14-31(32)18(3)22(34)11-12-29(26,31)6/h9,18,21-24,26,34-35H,8,10-16,32H2,1-7H3,(H,36,37)/b25-20-/t18?,21-,22+,23+,24?,26+,28?,29?,30?,31+/m0/s1. The van der Waals surface area contributed by atoms with Gasteiger partial charge in [0.1, 0.15) is 6.10 Å². The van der Waals surface area contributed by atoms with Crippen molar-refractivity contribution in [2.75, 3.05) is 0 Å². The van der Waals surface area contributed by atoms with Crippen LogP contribution in [0, 0.1) is 34.0 Å². The van der Waals surface area contributed by atoms with Crippen LogP contribution >= 0.6 is 0 Å². The van der Waals surface area contributed by atoms with Crippen LogP contribution in [0.25, 0.3) is 0 Å². The number of aliphatic hydroxyl groups is 2. The Balaban J connectivity index is 1.85. The number of hydrogen-bond donors (Lipinski definition) is 4. The molecular weight excluding hydrogens is 482 g/mol. The fraction of sp³-hybridized carbons (Fsp3) is 0.806. The first kappa shape index (κ1) is 29.3. The summed E-state index contributed by atoms with van der Waals surface area (Å²) in [5, 5.41) is 33.0. The van der Waals surface area contributed by atoms with Gasteiger partial charge in [-0.2, -0.15) is 0 Å². The summed E-state index contributed by atoms with van der Waals surface area (Å²) in [4.78, 5) is 24.9. The lowest BCUT2D eigenvalue weighted by atomic mass is 9.34. The summed E-state index contributed by atoms with van der Waals surface area (Å²) >= 11 is 0. The molecule has 0 bridgehead atoms. The highest BCUT2D eigenvalue weighted by atomic mass is 16.5. The van der Waals surface area contributed by atoms with Crippen molar-refractivity contribution < 1.29 is 29.6 Å². The molecule has 0 spiro atoms. The highest BCUT2D eigenvalue weighted by Crippen LogP contribution is 2.74. The average molecular weight is 532 g/mol. The van der Waals surface area contributed by atoms with Gasteiger partial charge < -0.3 is 25.8 Å². The summed E-state index contributed by atoms with van der Waals surface area (Å²) in [6.07, 6.45) is 5.11. The van der Waals surface area contributed by atoms with Crippen molar-refractivity contribution in [2.24, 2.45) is 39.7 Å². The molecule has 4 aliphatic rings. The molecule has 38 heavy (non-hydrogen) atoms. The molecule has 7 nitrogen and oxygen atoms in total. The zero-order valence-corrected chi connectivity index (χ0v) is 24.3. The van der Waals surface area contributed by atoms with Gasteiger partial charge in [0.15, 0.2) is 0 Å². The number of ether oxygens (including phenoxy) is 1. The largest absolute Gasteiger partial charge is 0.478 e. The van der Waals surface area contributed by atoms with Crippen LogP contribution < -0.4 is 5.73 Å². The van der Waals surface area contributed by atoms with E-state index < -0.39 is 35.8 Å². The number of nitrogens with two attached hydrogens (primary N) is 1. The molecule has 5 N–H and O–H groups in total. The number of rotatable bonds is 5. The lowest BCUT2D eigenvalue weighted by Crippen LogP contribution is -2.75. The Morgan fingerprint density at radius 3 is 2.26 bits per heavy atom. The molecule has 0 aromatic rings. The fourth-order valence-corrected chi connectivity index (χ4v) is 9.76. The second kappa shape index (κ2) is 9.74. The van der Waals surface area contributed by atoms with E-state index in [1.54, 1.807) is 0 Å². The molecule has 7 heteroatoms. The molecular formula is C31H49NO6. The first-order valence-corrected chi connectivity index (χ1v) is 14.5. The lowest BCUT2D eigenvalue weighted by Gasteiger charge is -2.71. The van der Waals surface area contributed by atoms with Gasteiger partial charge in [-0.3, -0.25) is 4.79 Å². The highest BCUT2D eigenvalue weighted by molar-refractivity contribution is 5.88. The van der Waals surface area contributed by atoms with E-state index in [-0.39, 0.29) is 34.0 Å². The second-order valence-electron chi connectivity index (χ2n) is 13.9. The van der Waals surface area contributed by atoms with E-state index in [0.717, 1.165) is 24.8 Å². The number of aliphatic hydroxyl groups excluding tert-OH is 2. The smallest absolute Gasteiger partial charge is 0.331 e. The quantitative estimate of drug-likeness (QED) is 0.229. The van der Waals surface area contributed by atoms with Crippen molar-refractivity contribution in [3.63, 3.8) is 0 Å². The summed E-state index contributed by atoms with van der Waals surface area (Å²) < 4.78 is 5.87. The number of fused-ring (bicyclic) bond motifs is 5. The molecule has 0 saturated heterocycles. The van der Waals surface area contributed by atoms with Gasteiger partial charge in [-0.05, 0) is 98.9 Å². The van der Waals surface area contributed by atoms with Gasteiger partial charge >= 0.3 is 11.9 Å². The Kier molecular flexibility index (Phi) is 7.51. The van der Waals surface area contributed by atoms with E-state index in [1.165, 1.54) is 6.92 Å². The minimum Gasteiger partial charge on any atom is -0.478 e. The van der Waals surface area contributed by atoms with Crippen LogP contribution in [0.1, 0.15) is 99.8 Å². The van der Waals surface area contributed by atoms with Crippen LogP contribution in [0.2, 0.25) is 0 Å². The molecule has 0 aliphatic heterocycles. The lowest BCUT2D eigenvalue weighted by molar-refractivity contribution is -0.241. The number of carboxylic acids is 1. The zero-order chi connectivity index (χ0) is 28.4. The molecule has 4 saturated carbocycles. The molecule has 0 radical (unpaired) electrons. The number of carbonyl (C=O) groups excluding carboxylic acids is 1. The first-order valence-electron chi connectivity index (χ1n) is 14.5. The second-order valence-corrected chi connectivity index (χ2v) is 13.9. The third-order valence-corrected chi connectivity index (χ3v) is 12.0. The normalized spacial score (nSPS) is 47.3. The van der Waals surface area contributed by atoms with Gasteiger partial charge in [0, 0.05) is 24.0 Å². The first-order chi connectivity index (χ1) is 17.5. The molecule has 0 aromatic carbocycles. The summed E-state index contributed by atoms with van der Waals surface area (Å²) in [7, 11) is 0. The van der Waals surface area contributed by atoms with Gasteiger partial charge in [-0.25, -0.2) is 4.79 Å². The molecule has 0 heterocycles. The zero-order valence-electron chi connectivity index (χ0n) is 24.3. The van der Waals surface area contributed by atoms with E-state index in [0.29, 0.717) is 43.3 Å². The van der Waals surface area contributed by atoms with E-state index in [9.17, 15) is 24.9 Å². The predicted molar refractivity (Wildman–Crippen MR) is 146 cm³/mol. The number of esters is 1. The average Bonchev–Trinajstić information content (AvgIpc) is 3.08. The van der Waals surface area contributed by atoms with Crippen LogP contribution in [0.4, 0.5) is 0 Å². The summed E-state index contributed by atoms with van der Waals surface area (Å²) in [6.45, 7) is 14.1. The van der Waals surface area contributed by atoms with Gasteiger partial charge in [0.05, 0.1) is 12.2 Å². The van der Waals surface area contributed by atoms with Crippen LogP contribution in [-0.2, 0) is 14.3 Å². The third kappa shape index (κ3) is 4.10. The van der Waals surface area contributed by atoms with E-state index in [2.05, 4.69) is 20.8 Å². The van der Waals surface area contributed by atoms with Crippen molar-refractivity contribution in [1.29, 1.82) is 0 Å². The van der Waals surface area contributed by atoms with Gasteiger partial charge in [-0.15, -0.1) is 0 Å². The Hall–Kier alpha value is -1.70. The Labute approximate surface area is 227 Å². The molecule has 5 unspecified atom stereocenters. The van der Waals surface area contributed by atoms with Crippen LogP contribution in [0.15, 0.2) is 22.8 Å². The molecule has 4 aliphatic carbocycles. The Bertz CT molecular complexity index is 1050. The van der Waals surface area contributed by atoms with Gasteiger partial charge in [-0.1, -0.05) is 39.3 Å². The minimum atomic E-state index is -0.975. The summed E-state index contributed by atoms with van der Waals surface area (Å²) in [5.41, 5.74) is 7.63. The number of carboxylic acid groups (broad SMARTS) is 1. The van der Waals surface area contributed by atoms with Gasteiger partial charge in [0.25, 0.3) is 0 Å². The monoisotopic (exact) mass is 531 g/mol. The number of carbonyl (C=O) groups is 2. The maximum Gasteiger partial charge on any atom is 0.331 e. The predicted octanol–water partition coefficient (Wildman–Crippen LogP) is 4.75. The van der Waals surface area contributed by atoms with E-state index in [1.807, 2.05) is 26.8 Å². The molecule has 0 amide bonds. The Morgan fingerprint density at radius 1 is 1.03 bits per heavy atom. The maximum absolute atomic E-state index is 12.6. The molecule has 214 valence electrons. The van der Waals surface area contributed by atoms with Crippen molar-refractivity contribution in [3.05, 3.63) is 22.8 Å². The highest BCUT2D eigenvalue weighted by Gasteiger charge is 2.73. The minimum absolute atomic E-state index is 0.0787. The van der Waals surface area contributed by atoms with Crippen LogP contribution in [0.5, 0.6) is 0 Å². The molecule has 0 aromatic heterocycles. The molecule has 4 rings (SSSR count). The summed E-state index contributed by atoms with van der Waals surface area (Å²) in [6, 6.07) is 0. The van der Waals surface area contributed by atoms with Crippen molar-refractivity contribution in [2.45, 2.75) is 124 Å². The maximum atomic E-state index is 12.6. The van der Waals surface area contributed by atoms with Crippen molar-refractivity contribution >= 4 is 11.9 Å². The van der Waals surface area contributed by atoms with Crippen molar-refractivity contribution in [3.8, 4) is 0 Å². The van der Waals surface area contributed by atoms with Crippen LogP contribution in [-0.4, -0.2) is 51.1 Å².